The fourth-order valence-corrected chi connectivity index (χ4v) is 4.19. The lowest BCUT2D eigenvalue weighted by Gasteiger charge is -2.36. The minimum absolute atomic E-state index is 0.0881. The van der Waals surface area contributed by atoms with Gasteiger partial charge < -0.3 is 19.3 Å². The molecule has 7 nitrogen and oxygen atoms in total. The van der Waals surface area contributed by atoms with Crippen LogP contribution in [0.25, 0.3) is 0 Å². The first kappa shape index (κ1) is 25.5. The molecule has 1 fully saturated rings. The number of nitrogens with zero attached hydrogens (tertiary/aromatic N) is 2. The van der Waals surface area contributed by atoms with Gasteiger partial charge in [-0.25, -0.2) is 12.8 Å². The standard InChI is InChI=1S/C22H22F4N2O5S/c1-34(31,32)16-3-5-20(33-14-22(24,25)26)17(13-16)21(30)28-9-7-27(8-10-28)19-4-2-15(6-11-29)12-18(19)23/h2-5,11-13H,6-10,14H2,1H3. The summed E-state index contributed by atoms with van der Waals surface area (Å²) in [7, 11) is -3.73. The molecule has 1 aliphatic rings. The highest BCUT2D eigenvalue weighted by Gasteiger charge is 2.31. The Balaban J connectivity index is 1.79. The van der Waals surface area contributed by atoms with Gasteiger partial charge in [0.25, 0.3) is 5.91 Å². The molecule has 0 N–H and O–H groups in total. The number of carbonyl (C=O) groups excluding carboxylic acids is 2. The second-order valence-corrected chi connectivity index (χ2v) is 9.79. The molecule has 0 aromatic heterocycles. The van der Waals surface area contributed by atoms with Crippen LogP contribution >= 0.6 is 0 Å². The Hall–Kier alpha value is -3.15. The summed E-state index contributed by atoms with van der Waals surface area (Å²) >= 11 is 0. The Labute approximate surface area is 193 Å². The van der Waals surface area contributed by atoms with Crippen molar-refractivity contribution in [1.29, 1.82) is 0 Å². The van der Waals surface area contributed by atoms with E-state index in [2.05, 4.69) is 0 Å². The summed E-state index contributed by atoms with van der Waals surface area (Å²) in [5.41, 5.74) is 0.530. The molecule has 1 amide bonds. The normalized spacial score (nSPS) is 14.7. The first-order valence-electron chi connectivity index (χ1n) is 10.2. The molecule has 0 unspecified atom stereocenters. The zero-order valence-corrected chi connectivity index (χ0v) is 19.0. The van der Waals surface area contributed by atoms with Gasteiger partial charge in [0, 0.05) is 38.9 Å². The molecule has 1 saturated heterocycles. The third kappa shape index (κ3) is 6.25. The number of anilines is 1. The van der Waals surface area contributed by atoms with Crippen molar-refractivity contribution in [3.05, 3.63) is 53.3 Å². The van der Waals surface area contributed by atoms with Crippen LogP contribution in [0.15, 0.2) is 41.3 Å². The monoisotopic (exact) mass is 502 g/mol. The van der Waals surface area contributed by atoms with Gasteiger partial charge in [-0.2, -0.15) is 13.2 Å². The maximum absolute atomic E-state index is 14.5. The topological polar surface area (TPSA) is 84.0 Å². The van der Waals surface area contributed by atoms with E-state index in [1.807, 2.05) is 0 Å². The average Bonchev–Trinajstić information content (AvgIpc) is 2.76. The minimum atomic E-state index is -4.65. The Bertz CT molecular complexity index is 1180. The van der Waals surface area contributed by atoms with Crippen molar-refractivity contribution < 1.29 is 40.3 Å². The molecule has 3 rings (SSSR count). The first-order valence-corrected chi connectivity index (χ1v) is 12.1. The lowest BCUT2D eigenvalue weighted by atomic mass is 10.1. The molecule has 0 radical (unpaired) electrons. The number of amides is 1. The number of sulfone groups is 1. The fraction of sp³-hybridized carbons (Fsp3) is 0.364. The van der Waals surface area contributed by atoms with Gasteiger partial charge in [0.15, 0.2) is 16.4 Å². The van der Waals surface area contributed by atoms with E-state index < -0.39 is 34.3 Å². The van der Waals surface area contributed by atoms with Crippen LogP contribution in [0.1, 0.15) is 15.9 Å². The van der Waals surface area contributed by atoms with Gasteiger partial charge in [-0.1, -0.05) is 6.07 Å². The maximum Gasteiger partial charge on any atom is 0.422 e. The van der Waals surface area contributed by atoms with Crippen LogP contribution < -0.4 is 9.64 Å². The van der Waals surface area contributed by atoms with Crippen LogP contribution in [0.4, 0.5) is 23.2 Å². The van der Waals surface area contributed by atoms with E-state index in [-0.39, 0.29) is 48.8 Å². The summed E-state index contributed by atoms with van der Waals surface area (Å²) in [6, 6.07) is 7.55. The highest BCUT2D eigenvalue weighted by atomic mass is 32.2. The van der Waals surface area contributed by atoms with Gasteiger partial charge in [-0.3, -0.25) is 4.79 Å². The molecular weight excluding hydrogens is 480 g/mol. The molecule has 0 saturated carbocycles. The van der Waals surface area contributed by atoms with E-state index in [9.17, 15) is 35.6 Å². The SMILES string of the molecule is CS(=O)(=O)c1ccc(OCC(F)(F)F)c(C(=O)N2CCN(c3ccc(CC=O)cc3F)CC2)c1. The summed E-state index contributed by atoms with van der Waals surface area (Å²) in [5, 5.41) is 0. The van der Waals surface area contributed by atoms with E-state index in [4.69, 9.17) is 4.74 Å². The fourth-order valence-electron chi connectivity index (χ4n) is 3.54. The molecule has 34 heavy (non-hydrogen) atoms. The highest BCUT2D eigenvalue weighted by Crippen LogP contribution is 2.28. The molecule has 2 aromatic carbocycles. The van der Waals surface area contributed by atoms with Gasteiger partial charge in [0.05, 0.1) is 16.1 Å². The quantitative estimate of drug-likeness (QED) is 0.428. The minimum Gasteiger partial charge on any atom is -0.483 e. The molecule has 0 atom stereocenters. The van der Waals surface area contributed by atoms with Gasteiger partial charge in [-0.15, -0.1) is 0 Å². The Morgan fingerprint density at radius 2 is 1.76 bits per heavy atom. The lowest BCUT2D eigenvalue weighted by Crippen LogP contribution is -2.49. The van der Waals surface area contributed by atoms with Crippen molar-refractivity contribution in [2.45, 2.75) is 17.5 Å². The molecule has 12 heteroatoms. The average molecular weight is 502 g/mol. The summed E-state index contributed by atoms with van der Waals surface area (Å²) in [5.74, 6) is -1.58. The Kier molecular flexibility index (Phi) is 7.49. The van der Waals surface area contributed by atoms with Crippen molar-refractivity contribution in [2.75, 3.05) is 43.9 Å². The van der Waals surface area contributed by atoms with Crippen LogP contribution in [-0.4, -0.2) is 70.7 Å². The summed E-state index contributed by atoms with van der Waals surface area (Å²) < 4.78 is 80.9. The number of rotatable bonds is 7. The number of halogens is 4. The summed E-state index contributed by atoms with van der Waals surface area (Å²) in [6.45, 7) is -0.925. The van der Waals surface area contributed by atoms with Crippen molar-refractivity contribution in [1.82, 2.24) is 4.90 Å². The summed E-state index contributed by atoms with van der Waals surface area (Å²) in [6.07, 6.45) is -2.97. The third-order valence-electron chi connectivity index (χ3n) is 5.24. The summed E-state index contributed by atoms with van der Waals surface area (Å²) in [4.78, 5) is 26.5. The smallest absolute Gasteiger partial charge is 0.422 e. The molecule has 0 bridgehead atoms. The van der Waals surface area contributed by atoms with E-state index >= 15 is 0 Å². The van der Waals surface area contributed by atoms with Gasteiger partial charge in [0.2, 0.25) is 0 Å². The first-order chi connectivity index (χ1) is 15.9. The maximum atomic E-state index is 14.5. The highest BCUT2D eigenvalue weighted by molar-refractivity contribution is 7.90. The van der Waals surface area contributed by atoms with Crippen LogP contribution in [0.2, 0.25) is 0 Å². The van der Waals surface area contributed by atoms with E-state index in [0.29, 0.717) is 17.5 Å². The van der Waals surface area contributed by atoms with E-state index in [1.165, 1.54) is 11.0 Å². The molecule has 1 heterocycles. The second kappa shape index (κ2) is 10.00. The largest absolute Gasteiger partial charge is 0.483 e. The van der Waals surface area contributed by atoms with Crippen LogP contribution in [0.5, 0.6) is 5.75 Å². The van der Waals surface area contributed by atoms with E-state index in [0.717, 1.165) is 24.5 Å². The van der Waals surface area contributed by atoms with Gasteiger partial charge >= 0.3 is 6.18 Å². The van der Waals surface area contributed by atoms with Crippen LogP contribution in [0, 0.1) is 5.82 Å². The number of piperazine rings is 1. The van der Waals surface area contributed by atoms with Gasteiger partial charge in [0.1, 0.15) is 17.9 Å². The van der Waals surface area contributed by atoms with Crippen LogP contribution in [0.3, 0.4) is 0 Å². The number of ether oxygens (including phenoxy) is 1. The van der Waals surface area contributed by atoms with Crippen molar-refractivity contribution in [3.8, 4) is 5.75 Å². The molecule has 2 aromatic rings. The Morgan fingerprint density at radius 3 is 2.32 bits per heavy atom. The molecule has 184 valence electrons. The third-order valence-corrected chi connectivity index (χ3v) is 6.35. The van der Waals surface area contributed by atoms with E-state index in [1.54, 1.807) is 17.0 Å². The molecule has 1 aliphatic heterocycles. The van der Waals surface area contributed by atoms with Crippen molar-refractivity contribution >= 4 is 27.7 Å². The van der Waals surface area contributed by atoms with Crippen molar-refractivity contribution in [2.24, 2.45) is 0 Å². The number of alkyl halides is 3. The molecule has 0 aliphatic carbocycles. The molecular formula is C22H22F4N2O5S. The number of hydrogen-bond donors (Lipinski definition) is 0. The zero-order valence-electron chi connectivity index (χ0n) is 18.1. The number of aldehydes is 1. The Morgan fingerprint density at radius 1 is 1.09 bits per heavy atom. The number of hydrogen-bond acceptors (Lipinski definition) is 6. The zero-order chi connectivity index (χ0) is 25.1. The lowest BCUT2D eigenvalue weighted by molar-refractivity contribution is -0.153. The number of carbonyl (C=O) groups is 2. The predicted octanol–water partition coefficient (Wildman–Crippen LogP) is 2.87. The molecule has 0 spiro atoms. The van der Waals surface area contributed by atoms with Crippen LogP contribution in [-0.2, 0) is 21.1 Å². The second-order valence-electron chi connectivity index (χ2n) is 7.77. The number of benzene rings is 2. The van der Waals surface area contributed by atoms with Crippen molar-refractivity contribution in [3.63, 3.8) is 0 Å². The predicted molar refractivity (Wildman–Crippen MR) is 115 cm³/mol. The van der Waals surface area contributed by atoms with Gasteiger partial charge in [-0.05, 0) is 35.9 Å².